The predicted octanol–water partition coefficient (Wildman–Crippen LogP) is 4.20. The van der Waals surface area contributed by atoms with Gasteiger partial charge in [-0.1, -0.05) is 12.1 Å². The van der Waals surface area contributed by atoms with Crippen LogP contribution in [0.5, 0.6) is 17.2 Å². The second-order valence-electron chi connectivity index (χ2n) is 7.90. The highest BCUT2D eigenvalue weighted by molar-refractivity contribution is 7.92. The molecule has 0 N–H and O–H groups in total. The number of aromatic nitrogens is 1. The topological polar surface area (TPSA) is 78.0 Å². The Labute approximate surface area is 198 Å². The van der Waals surface area contributed by atoms with E-state index in [0.717, 1.165) is 28.6 Å². The Morgan fingerprint density at radius 2 is 1.73 bits per heavy atom. The molecule has 0 radical (unpaired) electrons. The monoisotopic (exact) mass is 488 g/mol. The van der Waals surface area contributed by atoms with Gasteiger partial charge in [0.25, 0.3) is 0 Å². The third-order valence-corrected chi connectivity index (χ3v) is 9.14. The van der Waals surface area contributed by atoms with Crippen LogP contribution in [0, 0.1) is 0 Å². The standard InChI is InChI=1S/C24H28N2O5S2/c1-29-19-6-4-5-17(14-19)13-18-16-32-24(25-18)26-11-9-21(10-12-26)33(27,28)23-8-7-20(30-2)15-22(23)31-3/h4-8,14-16,21H,9-13H2,1-3H3. The number of thiazole rings is 1. The molecule has 3 aromatic rings. The fourth-order valence-electron chi connectivity index (χ4n) is 4.06. The summed E-state index contributed by atoms with van der Waals surface area (Å²) in [7, 11) is 1.16. The smallest absolute Gasteiger partial charge is 0.185 e. The van der Waals surface area contributed by atoms with Gasteiger partial charge in [0.2, 0.25) is 0 Å². The van der Waals surface area contributed by atoms with Crippen molar-refractivity contribution in [1.29, 1.82) is 0 Å². The number of nitrogens with zero attached hydrogens (tertiary/aromatic N) is 2. The Morgan fingerprint density at radius 1 is 1.00 bits per heavy atom. The third kappa shape index (κ3) is 5.09. The van der Waals surface area contributed by atoms with Crippen LogP contribution in [0.25, 0.3) is 0 Å². The lowest BCUT2D eigenvalue weighted by Gasteiger charge is -2.31. The SMILES string of the molecule is COc1cccc(Cc2csc(N3CCC(S(=O)(=O)c4ccc(OC)cc4OC)CC3)n2)c1. The van der Waals surface area contributed by atoms with E-state index in [1.165, 1.54) is 7.11 Å². The summed E-state index contributed by atoms with van der Waals surface area (Å²) in [5.74, 6) is 1.72. The minimum atomic E-state index is -3.51. The number of methoxy groups -OCH3 is 3. The van der Waals surface area contributed by atoms with Gasteiger partial charge in [0, 0.05) is 31.0 Å². The molecule has 0 unspecified atom stereocenters. The summed E-state index contributed by atoms with van der Waals surface area (Å²) in [5, 5.41) is 2.55. The van der Waals surface area contributed by atoms with Crippen molar-refractivity contribution in [3.8, 4) is 17.2 Å². The molecule has 7 nitrogen and oxygen atoms in total. The van der Waals surface area contributed by atoms with E-state index in [2.05, 4.69) is 16.3 Å². The zero-order chi connectivity index (χ0) is 23.4. The summed E-state index contributed by atoms with van der Waals surface area (Å²) in [4.78, 5) is 7.20. The minimum absolute atomic E-state index is 0.221. The molecule has 0 bridgehead atoms. The molecule has 0 aliphatic carbocycles. The maximum atomic E-state index is 13.3. The first-order valence-corrected chi connectivity index (χ1v) is 13.2. The molecule has 1 fully saturated rings. The Morgan fingerprint density at radius 3 is 2.42 bits per heavy atom. The van der Waals surface area contributed by atoms with Gasteiger partial charge in [-0.05, 0) is 42.7 Å². The van der Waals surface area contributed by atoms with Crippen LogP contribution in [0.3, 0.4) is 0 Å². The largest absolute Gasteiger partial charge is 0.497 e. The quantitative estimate of drug-likeness (QED) is 0.470. The van der Waals surface area contributed by atoms with E-state index in [1.807, 2.05) is 18.2 Å². The van der Waals surface area contributed by atoms with Gasteiger partial charge < -0.3 is 19.1 Å². The van der Waals surface area contributed by atoms with E-state index < -0.39 is 15.1 Å². The molecule has 2 heterocycles. The fourth-order valence-corrected chi connectivity index (χ4v) is 6.81. The number of rotatable bonds is 8. The van der Waals surface area contributed by atoms with Crippen molar-refractivity contribution in [3.63, 3.8) is 0 Å². The van der Waals surface area contributed by atoms with Crippen LogP contribution in [0.15, 0.2) is 52.7 Å². The van der Waals surface area contributed by atoms with Crippen molar-refractivity contribution in [2.24, 2.45) is 0 Å². The third-order valence-electron chi connectivity index (χ3n) is 5.89. The van der Waals surface area contributed by atoms with Crippen LogP contribution >= 0.6 is 11.3 Å². The number of piperidine rings is 1. The molecule has 176 valence electrons. The highest BCUT2D eigenvalue weighted by Crippen LogP contribution is 2.35. The van der Waals surface area contributed by atoms with Crippen molar-refractivity contribution in [2.75, 3.05) is 39.3 Å². The molecule has 0 spiro atoms. The highest BCUT2D eigenvalue weighted by Gasteiger charge is 2.34. The van der Waals surface area contributed by atoms with Crippen LogP contribution in [-0.2, 0) is 16.3 Å². The Bertz CT molecular complexity index is 1200. The van der Waals surface area contributed by atoms with Gasteiger partial charge in [0.1, 0.15) is 22.1 Å². The van der Waals surface area contributed by atoms with Crippen molar-refractivity contribution < 1.29 is 22.6 Å². The van der Waals surface area contributed by atoms with Crippen LogP contribution < -0.4 is 19.1 Å². The highest BCUT2D eigenvalue weighted by atomic mass is 32.2. The van der Waals surface area contributed by atoms with Gasteiger partial charge in [-0.25, -0.2) is 13.4 Å². The first kappa shape index (κ1) is 23.4. The zero-order valence-corrected chi connectivity index (χ0v) is 20.6. The van der Waals surface area contributed by atoms with Crippen molar-refractivity contribution >= 4 is 26.3 Å². The van der Waals surface area contributed by atoms with Gasteiger partial charge in [-0.3, -0.25) is 0 Å². The van der Waals surface area contributed by atoms with Gasteiger partial charge in [0.15, 0.2) is 15.0 Å². The van der Waals surface area contributed by atoms with E-state index in [0.29, 0.717) is 37.4 Å². The summed E-state index contributed by atoms with van der Waals surface area (Å²) >= 11 is 1.60. The number of anilines is 1. The Kier molecular flexibility index (Phi) is 7.09. The van der Waals surface area contributed by atoms with Crippen LogP contribution in [-0.4, -0.2) is 53.1 Å². The lowest BCUT2D eigenvalue weighted by Crippen LogP contribution is -2.39. The normalized spacial score (nSPS) is 14.8. The molecule has 1 saturated heterocycles. The van der Waals surface area contributed by atoms with Gasteiger partial charge >= 0.3 is 0 Å². The Hall–Kier alpha value is -2.78. The number of hydrogen-bond acceptors (Lipinski definition) is 8. The maximum absolute atomic E-state index is 13.3. The van der Waals surface area contributed by atoms with Crippen LogP contribution in [0.2, 0.25) is 0 Å². The summed E-state index contributed by atoms with van der Waals surface area (Å²) < 4.78 is 42.4. The van der Waals surface area contributed by atoms with E-state index in [-0.39, 0.29) is 4.90 Å². The van der Waals surface area contributed by atoms with Gasteiger partial charge in [-0.15, -0.1) is 11.3 Å². The predicted molar refractivity (Wildman–Crippen MR) is 130 cm³/mol. The molecule has 1 aromatic heterocycles. The van der Waals surface area contributed by atoms with Crippen molar-refractivity contribution in [3.05, 3.63) is 59.1 Å². The summed E-state index contributed by atoms with van der Waals surface area (Å²) in [6.07, 6.45) is 1.82. The molecule has 0 amide bonds. The van der Waals surface area contributed by atoms with Crippen molar-refractivity contribution in [1.82, 2.24) is 4.98 Å². The molecule has 1 aliphatic rings. The lowest BCUT2D eigenvalue weighted by atomic mass is 10.1. The zero-order valence-electron chi connectivity index (χ0n) is 19.0. The number of sulfone groups is 1. The van der Waals surface area contributed by atoms with Crippen LogP contribution in [0.1, 0.15) is 24.1 Å². The summed E-state index contributed by atoms with van der Waals surface area (Å²) in [6.45, 7) is 1.29. The fraction of sp³-hybridized carbons (Fsp3) is 0.375. The molecule has 1 aliphatic heterocycles. The molecule has 9 heteroatoms. The molecule has 0 saturated carbocycles. The minimum Gasteiger partial charge on any atom is -0.497 e. The van der Waals surface area contributed by atoms with E-state index >= 15 is 0 Å². The average molecular weight is 489 g/mol. The van der Waals surface area contributed by atoms with Crippen molar-refractivity contribution in [2.45, 2.75) is 29.4 Å². The average Bonchev–Trinajstić information content (AvgIpc) is 3.32. The number of benzene rings is 2. The van der Waals surface area contributed by atoms with Crippen LogP contribution in [0.4, 0.5) is 5.13 Å². The molecular weight excluding hydrogens is 460 g/mol. The molecular formula is C24H28N2O5S2. The lowest BCUT2D eigenvalue weighted by molar-refractivity contribution is 0.385. The number of hydrogen-bond donors (Lipinski definition) is 0. The molecule has 2 aromatic carbocycles. The first-order valence-electron chi connectivity index (χ1n) is 10.7. The second-order valence-corrected chi connectivity index (χ2v) is 10.9. The molecule has 33 heavy (non-hydrogen) atoms. The number of ether oxygens (including phenoxy) is 3. The van der Waals surface area contributed by atoms with Gasteiger partial charge in [0.05, 0.1) is 32.3 Å². The first-order chi connectivity index (χ1) is 15.9. The second kappa shape index (κ2) is 10.0. The molecule has 4 rings (SSSR count). The van der Waals surface area contributed by atoms with E-state index in [4.69, 9.17) is 19.2 Å². The molecule has 0 atom stereocenters. The summed E-state index contributed by atoms with van der Waals surface area (Å²) in [5.41, 5.74) is 2.14. The maximum Gasteiger partial charge on any atom is 0.185 e. The Balaban J connectivity index is 1.42. The van der Waals surface area contributed by atoms with E-state index in [1.54, 1.807) is 43.8 Å². The summed E-state index contributed by atoms with van der Waals surface area (Å²) in [6, 6.07) is 12.8. The van der Waals surface area contributed by atoms with Gasteiger partial charge in [-0.2, -0.15) is 0 Å². The van der Waals surface area contributed by atoms with E-state index in [9.17, 15) is 8.42 Å².